The molecular weight excluding hydrogens is 442 g/mol. The highest BCUT2D eigenvalue weighted by Crippen LogP contribution is 2.33. The van der Waals surface area contributed by atoms with Crippen molar-refractivity contribution in [2.24, 2.45) is 0 Å². The molecule has 0 fully saturated rings. The Labute approximate surface area is 211 Å². The largest absolute Gasteiger partial charge is 0.354 e. The third-order valence-electron chi connectivity index (χ3n) is 6.33. The summed E-state index contributed by atoms with van der Waals surface area (Å²) in [5, 5.41) is 17.6. The molecule has 0 aliphatic carbocycles. The van der Waals surface area contributed by atoms with E-state index in [-0.39, 0.29) is 0 Å². The van der Waals surface area contributed by atoms with E-state index < -0.39 is 0 Å². The number of nitrogens with one attached hydrogen (secondary N) is 2. The van der Waals surface area contributed by atoms with Crippen LogP contribution in [0.3, 0.4) is 0 Å². The Balaban J connectivity index is 1.37. The van der Waals surface area contributed by atoms with Gasteiger partial charge in [0.25, 0.3) is 0 Å². The summed E-state index contributed by atoms with van der Waals surface area (Å²) in [5.41, 5.74) is 10.2. The Bertz CT molecular complexity index is 1550. The van der Waals surface area contributed by atoms with E-state index >= 15 is 0 Å². The fraction of sp³-hybridized carbons (Fsp3) is 0.129. The van der Waals surface area contributed by atoms with E-state index in [1.165, 1.54) is 16.7 Å². The van der Waals surface area contributed by atoms with Crippen LogP contribution in [0.1, 0.15) is 27.8 Å². The van der Waals surface area contributed by atoms with Crippen molar-refractivity contribution in [3.63, 3.8) is 0 Å². The van der Waals surface area contributed by atoms with Crippen LogP contribution < -0.4 is 10.6 Å². The molecule has 0 radical (unpaired) electrons. The summed E-state index contributed by atoms with van der Waals surface area (Å²) >= 11 is 0. The summed E-state index contributed by atoms with van der Waals surface area (Å²) in [7, 11) is 0. The second-order valence-electron chi connectivity index (χ2n) is 8.99. The van der Waals surface area contributed by atoms with Gasteiger partial charge in [0.15, 0.2) is 0 Å². The minimum absolute atomic E-state index is 0.527. The van der Waals surface area contributed by atoms with Gasteiger partial charge in [0, 0.05) is 42.8 Å². The first-order valence-corrected chi connectivity index (χ1v) is 12.0. The summed E-state index contributed by atoms with van der Waals surface area (Å²) in [6.07, 6.45) is 5.28. The number of hydrogen-bond acceptors (Lipinski definition) is 5. The summed E-state index contributed by atoms with van der Waals surface area (Å²) < 4.78 is 0. The van der Waals surface area contributed by atoms with Crippen LogP contribution in [0, 0.1) is 25.2 Å². The maximum atomic E-state index is 9.72. The van der Waals surface area contributed by atoms with Gasteiger partial charge < -0.3 is 10.6 Å². The molecule has 0 bridgehead atoms. The SMILES string of the molecule is Cc1ccc(Nc2c(C#N)cnc3cc(-c4ccc(CNCc5ccncc5)cc4)ccc23)c(C)c1. The molecule has 0 aliphatic rings. The molecule has 5 rings (SSSR count). The standard InChI is InChI=1S/C31H27N5/c1-21-3-10-29(22(2)15-21)36-31-27(17-32)20-35-30-16-26(8-9-28(30)31)25-6-4-23(5-7-25)18-34-19-24-11-13-33-14-12-24/h3-16,20,34H,18-19H2,1-2H3,(H,35,36). The van der Waals surface area contributed by atoms with Gasteiger partial charge in [0.05, 0.1) is 16.8 Å². The van der Waals surface area contributed by atoms with Gasteiger partial charge >= 0.3 is 0 Å². The number of hydrogen-bond donors (Lipinski definition) is 2. The number of nitriles is 1. The van der Waals surface area contributed by atoms with Crippen molar-refractivity contribution >= 4 is 22.3 Å². The van der Waals surface area contributed by atoms with Crippen LogP contribution in [0.4, 0.5) is 11.4 Å². The van der Waals surface area contributed by atoms with Crippen molar-refractivity contribution in [2.75, 3.05) is 5.32 Å². The molecule has 0 saturated carbocycles. The van der Waals surface area contributed by atoms with E-state index in [0.717, 1.165) is 52.1 Å². The number of aryl methyl sites for hydroxylation is 2. The Hall–Kier alpha value is -4.53. The molecule has 2 heterocycles. The Morgan fingerprint density at radius 2 is 1.53 bits per heavy atom. The van der Waals surface area contributed by atoms with Crippen LogP contribution in [0.15, 0.2) is 91.4 Å². The van der Waals surface area contributed by atoms with Crippen LogP contribution in [-0.2, 0) is 13.1 Å². The molecule has 0 amide bonds. The summed E-state index contributed by atoms with van der Waals surface area (Å²) in [6.45, 7) is 5.75. The molecule has 5 heteroatoms. The summed E-state index contributed by atoms with van der Waals surface area (Å²) in [4.78, 5) is 8.64. The fourth-order valence-electron chi connectivity index (χ4n) is 4.35. The zero-order chi connectivity index (χ0) is 24.9. The van der Waals surface area contributed by atoms with Crippen LogP contribution in [0.25, 0.3) is 22.0 Å². The zero-order valence-electron chi connectivity index (χ0n) is 20.4. The predicted octanol–water partition coefficient (Wildman–Crippen LogP) is 6.82. The normalized spacial score (nSPS) is 10.8. The zero-order valence-corrected chi connectivity index (χ0v) is 20.4. The third kappa shape index (κ3) is 5.10. The molecular formula is C31H27N5. The fourth-order valence-corrected chi connectivity index (χ4v) is 4.35. The van der Waals surface area contributed by atoms with Crippen molar-refractivity contribution < 1.29 is 0 Å². The number of anilines is 2. The number of fused-ring (bicyclic) bond motifs is 1. The molecule has 2 aromatic heterocycles. The third-order valence-corrected chi connectivity index (χ3v) is 6.33. The first kappa shape index (κ1) is 23.2. The lowest BCUT2D eigenvalue weighted by atomic mass is 10.0. The monoisotopic (exact) mass is 469 g/mol. The van der Waals surface area contributed by atoms with Crippen LogP contribution in [0.2, 0.25) is 0 Å². The molecule has 36 heavy (non-hydrogen) atoms. The van der Waals surface area contributed by atoms with Crippen LogP contribution in [0.5, 0.6) is 0 Å². The van der Waals surface area contributed by atoms with Crippen molar-refractivity contribution in [1.29, 1.82) is 5.26 Å². The van der Waals surface area contributed by atoms with Crippen LogP contribution >= 0.6 is 0 Å². The molecule has 3 aromatic carbocycles. The average molecular weight is 470 g/mol. The minimum atomic E-state index is 0.527. The van der Waals surface area contributed by atoms with Gasteiger partial charge in [-0.3, -0.25) is 9.97 Å². The number of benzene rings is 3. The Morgan fingerprint density at radius 1 is 0.806 bits per heavy atom. The number of aromatic nitrogens is 2. The molecule has 0 unspecified atom stereocenters. The van der Waals surface area contributed by atoms with Gasteiger partial charge in [-0.2, -0.15) is 5.26 Å². The predicted molar refractivity (Wildman–Crippen MR) is 146 cm³/mol. The maximum Gasteiger partial charge on any atom is 0.103 e. The molecule has 0 saturated heterocycles. The second-order valence-corrected chi connectivity index (χ2v) is 8.99. The minimum Gasteiger partial charge on any atom is -0.354 e. The van der Waals surface area contributed by atoms with Crippen molar-refractivity contribution in [1.82, 2.24) is 15.3 Å². The van der Waals surface area contributed by atoms with E-state index in [4.69, 9.17) is 0 Å². The van der Waals surface area contributed by atoms with E-state index in [2.05, 4.69) is 101 Å². The van der Waals surface area contributed by atoms with E-state index in [9.17, 15) is 5.26 Å². The van der Waals surface area contributed by atoms with Crippen molar-refractivity contribution in [3.05, 3.63) is 119 Å². The van der Waals surface area contributed by atoms with E-state index in [1.807, 2.05) is 24.5 Å². The summed E-state index contributed by atoms with van der Waals surface area (Å²) in [6, 6.07) is 27.4. The highest BCUT2D eigenvalue weighted by molar-refractivity contribution is 5.97. The molecule has 176 valence electrons. The molecule has 0 atom stereocenters. The Morgan fingerprint density at radius 3 is 2.25 bits per heavy atom. The second kappa shape index (κ2) is 10.4. The highest BCUT2D eigenvalue weighted by Gasteiger charge is 2.12. The molecule has 0 spiro atoms. The van der Waals surface area contributed by atoms with Gasteiger partial charge in [-0.15, -0.1) is 0 Å². The first-order chi connectivity index (χ1) is 17.6. The summed E-state index contributed by atoms with van der Waals surface area (Å²) in [5.74, 6) is 0. The van der Waals surface area contributed by atoms with Gasteiger partial charge in [-0.05, 0) is 65.9 Å². The maximum absolute atomic E-state index is 9.72. The van der Waals surface area contributed by atoms with Gasteiger partial charge in [-0.25, -0.2) is 0 Å². The van der Waals surface area contributed by atoms with Crippen molar-refractivity contribution in [3.8, 4) is 17.2 Å². The molecule has 2 N–H and O–H groups in total. The van der Waals surface area contributed by atoms with Gasteiger partial charge in [0.2, 0.25) is 0 Å². The number of nitrogens with zero attached hydrogens (tertiary/aromatic N) is 3. The topological polar surface area (TPSA) is 73.6 Å². The van der Waals surface area contributed by atoms with Gasteiger partial charge in [0.1, 0.15) is 6.07 Å². The molecule has 5 aromatic rings. The van der Waals surface area contributed by atoms with Crippen LogP contribution in [-0.4, -0.2) is 9.97 Å². The highest BCUT2D eigenvalue weighted by atomic mass is 14.9. The van der Waals surface area contributed by atoms with E-state index in [1.54, 1.807) is 6.20 Å². The molecule has 5 nitrogen and oxygen atoms in total. The lowest BCUT2D eigenvalue weighted by Gasteiger charge is -2.14. The lowest BCUT2D eigenvalue weighted by molar-refractivity contribution is 0.693. The van der Waals surface area contributed by atoms with E-state index in [0.29, 0.717) is 5.56 Å². The smallest absolute Gasteiger partial charge is 0.103 e. The average Bonchev–Trinajstić information content (AvgIpc) is 2.91. The molecule has 0 aliphatic heterocycles. The van der Waals surface area contributed by atoms with Crippen molar-refractivity contribution in [2.45, 2.75) is 26.9 Å². The lowest BCUT2D eigenvalue weighted by Crippen LogP contribution is -2.12. The quantitative estimate of drug-likeness (QED) is 0.274. The number of pyridine rings is 2. The van der Waals surface area contributed by atoms with Gasteiger partial charge in [-0.1, -0.05) is 54.1 Å². The Kier molecular flexibility index (Phi) is 6.70. The number of rotatable bonds is 7. The first-order valence-electron chi connectivity index (χ1n) is 12.0.